The van der Waals surface area contributed by atoms with E-state index < -0.39 is 0 Å². The van der Waals surface area contributed by atoms with Crippen molar-refractivity contribution in [1.29, 1.82) is 0 Å². The standard InChI is InChI=1S/C14H21NO.ClH/c1-10(2)13-5-4-11(3)8-14(13)16-12-6-7-15-9-12;/h4-5,8,10,12,15H,6-7,9H2,1-3H3;1H. The number of benzene rings is 1. The first-order valence-electron chi connectivity index (χ1n) is 6.14. The summed E-state index contributed by atoms with van der Waals surface area (Å²) in [7, 11) is 0. The van der Waals surface area contributed by atoms with Gasteiger partial charge in [0.1, 0.15) is 11.9 Å². The highest BCUT2D eigenvalue weighted by atomic mass is 35.5. The van der Waals surface area contributed by atoms with Crippen molar-refractivity contribution in [3.63, 3.8) is 0 Å². The monoisotopic (exact) mass is 255 g/mol. The fourth-order valence-corrected chi connectivity index (χ4v) is 2.13. The molecule has 0 amide bonds. The minimum Gasteiger partial charge on any atom is -0.489 e. The third-order valence-corrected chi connectivity index (χ3v) is 3.10. The number of hydrogen-bond acceptors (Lipinski definition) is 2. The Morgan fingerprint density at radius 1 is 1.35 bits per heavy atom. The van der Waals surface area contributed by atoms with Gasteiger partial charge in [0.15, 0.2) is 0 Å². The first kappa shape index (κ1) is 14.3. The Morgan fingerprint density at radius 2 is 2.12 bits per heavy atom. The fraction of sp³-hybridized carbons (Fsp3) is 0.571. The zero-order valence-electron chi connectivity index (χ0n) is 10.8. The summed E-state index contributed by atoms with van der Waals surface area (Å²) in [6, 6.07) is 6.51. The van der Waals surface area contributed by atoms with Crippen LogP contribution in [0.15, 0.2) is 18.2 Å². The predicted molar refractivity (Wildman–Crippen MR) is 74.4 cm³/mol. The van der Waals surface area contributed by atoms with Crippen LogP contribution in [0.2, 0.25) is 0 Å². The van der Waals surface area contributed by atoms with E-state index in [1.807, 2.05) is 0 Å². The van der Waals surface area contributed by atoms with Crippen molar-refractivity contribution in [3.05, 3.63) is 29.3 Å². The van der Waals surface area contributed by atoms with Crippen LogP contribution < -0.4 is 10.1 Å². The van der Waals surface area contributed by atoms with E-state index in [4.69, 9.17) is 4.74 Å². The molecule has 0 bridgehead atoms. The van der Waals surface area contributed by atoms with E-state index in [1.54, 1.807) is 0 Å². The van der Waals surface area contributed by atoms with Crippen molar-refractivity contribution in [2.45, 2.75) is 39.2 Å². The third-order valence-electron chi connectivity index (χ3n) is 3.10. The summed E-state index contributed by atoms with van der Waals surface area (Å²) < 4.78 is 6.09. The molecular formula is C14H22ClNO. The van der Waals surface area contributed by atoms with Gasteiger partial charge in [-0.15, -0.1) is 12.4 Å². The predicted octanol–water partition coefficient (Wildman–Crippen LogP) is 3.28. The molecule has 0 aromatic heterocycles. The van der Waals surface area contributed by atoms with E-state index in [1.165, 1.54) is 11.1 Å². The zero-order valence-corrected chi connectivity index (χ0v) is 11.6. The van der Waals surface area contributed by atoms with Gasteiger partial charge in [0.05, 0.1) is 0 Å². The molecule has 1 N–H and O–H groups in total. The number of nitrogens with one attached hydrogen (secondary N) is 1. The van der Waals surface area contributed by atoms with Gasteiger partial charge in [-0.05, 0) is 43.0 Å². The van der Waals surface area contributed by atoms with Crippen molar-refractivity contribution < 1.29 is 4.74 Å². The lowest BCUT2D eigenvalue weighted by molar-refractivity contribution is 0.220. The minimum atomic E-state index is 0. The van der Waals surface area contributed by atoms with Crippen LogP contribution in [-0.4, -0.2) is 19.2 Å². The Morgan fingerprint density at radius 3 is 2.71 bits per heavy atom. The van der Waals surface area contributed by atoms with Crippen molar-refractivity contribution in [2.24, 2.45) is 0 Å². The molecule has 1 fully saturated rings. The van der Waals surface area contributed by atoms with Crippen LogP contribution in [-0.2, 0) is 0 Å². The molecule has 1 aromatic rings. The van der Waals surface area contributed by atoms with Gasteiger partial charge in [0.25, 0.3) is 0 Å². The van der Waals surface area contributed by atoms with Crippen LogP contribution >= 0.6 is 12.4 Å². The normalized spacial score (nSPS) is 19.2. The maximum absolute atomic E-state index is 6.09. The summed E-state index contributed by atoms with van der Waals surface area (Å²) in [5, 5.41) is 3.33. The highest BCUT2D eigenvalue weighted by molar-refractivity contribution is 5.85. The van der Waals surface area contributed by atoms with Gasteiger partial charge >= 0.3 is 0 Å². The van der Waals surface area contributed by atoms with Crippen molar-refractivity contribution in [3.8, 4) is 5.75 Å². The highest BCUT2D eigenvalue weighted by Gasteiger charge is 2.18. The molecule has 1 heterocycles. The van der Waals surface area contributed by atoms with Crippen LogP contribution in [0.25, 0.3) is 0 Å². The molecule has 1 aromatic carbocycles. The van der Waals surface area contributed by atoms with Crippen LogP contribution in [0.3, 0.4) is 0 Å². The van der Waals surface area contributed by atoms with Gasteiger partial charge in [-0.2, -0.15) is 0 Å². The molecule has 96 valence electrons. The quantitative estimate of drug-likeness (QED) is 0.895. The molecule has 2 nitrogen and oxygen atoms in total. The summed E-state index contributed by atoms with van der Waals surface area (Å²) in [6.45, 7) is 8.59. The second-order valence-electron chi connectivity index (χ2n) is 4.93. The summed E-state index contributed by atoms with van der Waals surface area (Å²) in [5.41, 5.74) is 2.59. The van der Waals surface area contributed by atoms with E-state index in [2.05, 4.69) is 44.3 Å². The Kier molecular flexibility index (Phi) is 5.29. The lowest BCUT2D eigenvalue weighted by atomic mass is 10.0. The van der Waals surface area contributed by atoms with Crippen LogP contribution in [0.5, 0.6) is 5.75 Å². The molecule has 17 heavy (non-hydrogen) atoms. The van der Waals surface area contributed by atoms with Crippen LogP contribution in [0.4, 0.5) is 0 Å². The molecule has 0 radical (unpaired) electrons. The van der Waals surface area contributed by atoms with Gasteiger partial charge in [0, 0.05) is 6.54 Å². The SMILES string of the molecule is Cc1ccc(C(C)C)c(OC2CCNC2)c1.Cl. The molecule has 0 spiro atoms. The molecule has 1 saturated heterocycles. The Bertz CT molecular complexity index is 359. The van der Waals surface area contributed by atoms with Crippen LogP contribution in [0.1, 0.15) is 37.3 Å². The third kappa shape index (κ3) is 3.62. The van der Waals surface area contributed by atoms with E-state index >= 15 is 0 Å². The van der Waals surface area contributed by atoms with Gasteiger partial charge in [-0.1, -0.05) is 26.0 Å². The summed E-state index contributed by atoms with van der Waals surface area (Å²) in [6.07, 6.45) is 1.46. The molecule has 2 rings (SSSR count). The Hall–Kier alpha value is -0.730. The summed E-state index contributed by atoms with van der Waals surface area (Å²) in [4.78, 5) is 0. The minimum absolute atomic E-state index is 0. The number of aryl methyl sites for hydroxylation is 1. The van der Waals surface area contributed by atoms with E-state index in [0.29, 0.717) is 12.0 Å². The van der Waals surface area contributed by atoms with Gasteiger partial charge < -0.3 is 10.1 Å². The maximum atomic E-state index is 6.09. The van der Waals surface area contributed by atoms with Gasteiger partial charge in [0.2, 0.25) is 0 Å². The first-order chi connectivity index (χ1) is 7.66. The Balaban J connectivity index is 0.00000144. The maximum Gasteiger partial charge on any atom is 0.123 e. The molecule has 1 aliphatic heterocycles. The number of halogens is 1. The summed E-state index contributed by atoms with van der Waals surface area (Å²) in [5.74, 6) is 1.59. The molecule has 3 heteroatoms. The highest BCUT2D eigenvalue weighted by Crippen LogP contribution is 2.28. The lowest BCUT2D eigenvalue weighted by Crippen LogP contribution is -2.20. The number of rotatable bonds is 3. The average molecular weight is 256 g/mol. The molecule has 1 unspecified atom stereocenters. The van der Waals surface area contributed by atoms with E-state index in [-0.39, 0.29) is 12.4 Å². The molecule has 1 atom stereocenters. The summed E-state index contributed by atoms with van der Waals surface area (Å²) >= 11 is 0. The van der Waals surface area contributed by atoms with Crippen molar-refractivity contribution >= 4 is 12.4 Å². The number of ether oxygens (including phenoxy) is 1. The van der Waals surface area contributed by atoms with Gasteiger partial charge in [-0.3, -0.25) is 0 Å². The Labute approximate surface area is 110 Å². The van der Waals surface area contributed by atoms with Crippen LogP contribution in [0, 0.1) is 6.92 Å². The second kappa shape index (κ2) is 6.27. The fourth-order valence-electron chi connectivity index (χ4n) is 2.13. The first-order valence-corrected chi connectivity index (χ1v) is 6.14. The number of hydrogen-bond donors (Lipinski definition) is 1. The van der Waals surface area contributed by atoms with Crippen molar-refractivity contribution in [2.75, 3.05) is 13.1 Å². The van der Waals surface area contributed by atoms with Crippen molar-refractivity contribution in [1.82, 2.24) is 5.32 Å². The average Bonchev–Trinajstić information content (AvgIpc) is 2.70. The molecule has 1 aliphatic rings. The lowest BCUT2D eigenvalue weighted by Gasteiger charge is -2.18. The zero-order chi connectivity index (χ0) is 11.5. The second-order valence-corrected chi connectivity index (χ2v) is 4.93. The largest absolute Gasteiger partial charge is 0.489 e. The molecular weight excluding hydrogens is 234 g/mol. The van der Waals surface area contributed by atoms with E-state index in [9.17, 15) is 0 Å². The molecule has 0 aliphatic carbocycles. The molecule has 0 saturated carbocycles. The van der Waals surface area contributed by atoms with Gasteiger partial charge in [-0.25, -0.2) is 0 Å². The smallest absolute Gasteiger partial charge is 0.123 e. The topological polar surface area (TPSA) is 21.3 Å². The van der Waals surface area contributed by atoms with E-state index in [0.717, 1.165) is 25.3 Å².